The van der Waals surface area contributed by atoms with Gasteiger partial charge >= 0.3 is 6.09 Å². The molecule has 2 aromatic heterocycles. The molecule has 2 aliphatic rings. The lowest BCUT2D eigenvalue weighted by Gasteiger charge is -2.34. The number of benzene rings is 4. The van der Waals surface area contributed by atoms with Crippen LogP contribution in [0.25, 0.3) is 44.4 Å². The van der Waals surface area contributed by atoms with E-state index in [0.29, 0.717) is 6.54 Å². The molecular weight excluding hydrogens is 765 g/mol. The highest BCUT2D eigenvalue weighted by Crippen LogP contribution is 2.37. The summed E-state index contributed by atoms with van der Waals surface area (Å²) < 4.78 is 4.78. The van der Waals surface area contributed by atoms with Gasteiger partial charge in [-0.25, -0.2) is 14.8 Å². The van der Waals surface area contributed by atoms with Crippen LogP contribution in [0.5, 0.6) is 0 Å². The largest absolute Gasteiger partial charge is 0.453 e. The van der Waals surface area contributed by atoms with Gasteiger partial charge in [-0.2, -0.15) is 0 Å². The molecule has 0 aliphatic carbocycles. The lowest BCUT2D eigenvalue weighted by Crippen LogP contribution is -2.51. The highest BCUT2D eigenvalue weighted by molar-refractivity contribution is 5.91. The van der Waals surface area contributed by atoms with Crippen molar-refractivity contribution in [2.75, 3.05) is 33.3 Å². The van der Waals surface area contributed by atoms with Crippen LogP contribution in [-0.4, -0.2) is 91.9 Å². The summed E-state index contributed by atoms with van der Waals surface area (Å²) in [7, 11) is 1.30. The Balaban J connectivity index is 0.946. The minimum atomic E-state index is -0.681. The van der Waals surface area contributed by atoms with Crippen molar-refractivity contribution in [3.05, 3.63) is 121 Å². The molecule has 12 nitrogen and oxygen atoms in total. The second-order valence-electron chi connectivity index (χ2n) is 16.5. The standard InChI is InChI=1S/C49H56N8O4/c1-6-55(7-2)44(34-13-9-8-10-14-34)48(59)57-26-12-16-42(57)46-50-29-39(52-46)33-19-17-32(18-20-33)35-21-22-37-28-38(24-23-36(37)27-35)40-30-51-45(53-40)41-15-11-25-56(41)47(58)43(31(3)4)54-49(60)61-5/h8-10,13-14,17-24,27-31,41-44H,6-7,11-12,15-16,25-26H2,1-5H3,(H,50,52)(H,51,53)(H,54,60)/t41-,42-,43?,44?/m0/s1. The Morgan fingerprint density at radius 1 is 0.721 bits per heavy atom. The van der Waals surface area contributed by atoms with Gasteiger partial charge in [0.2, 0.25) is 11.8 Å². The Morgan fingerprint density at radius 3 is 1.82 bits per heavy atom. The first-order chi connectivity index (χ1) is 29.7. The monoisotopic (exact) mass is 820 g/mol. The lowest BCUT2D eigenvalue weighted by atomic mass is 9.98. The maximum atomic E-state index is 14.3. The zero-order valence-corrected chi connectivity index (χ0v) is 35.7. The highest BCUT2D eigenvalue weighted by atomic mass is 16.5. The summed E-state index contributed by atoms with van der Waals surface area (Å²) in [6.45, 7) is 11.0. The van der Waals surface area contributed by atoms with Crippen molar-refractivity contribution in [2.45, 2.75) is 77.5 Å². The number of hydrogen-bond donors (Lipinski definition) is 3. The number of aromatic nitrogens is 4. The van der Waals surface area contributed by atoms with Crippen LogP contribution in [0.4, 0.5) is 4.79 Å². The fraction of sp³-hybridized carbons (Fsp3) is 0.367. The van der Waals surface area contributed by atoms with Crippen molar-refractivity contribution in [3.8, 4) is 33.6 Å². The maximum Gasteiger partial charge on any atom is 0.407 e. The van der Waals surface area contributed by atoms with Crippen LogP contribution in [-0.2, 0) is 14.3 Å². The van der Waals surface area contributed by atoms with E-state index in [1.165, 1.54) is 7.11 Å². The number of methoxy groups -OCH3 is 1. The summed E-state index contributed by atoms with van der Waals surface area (Å²) in [4.78, 5) is 62.6. The Kier molecular flexibility index (Phi) is 12.3. The Hall–Kier alpha value is -6.27. The number of amides is 3. The van der Waals surface area contributed by atoms with E-state index in [4.69, 9.17) is 14.7 Å². The van der Waals surface area contributed by atoms with Gasteiger partial charge in [0.1, 0.15) is 23.7 Å². The number of carbonyl (C=O) groups is 3. The normalized spacial score (nSPS) is 17.6. The zero-order chi connectivity index (χ0) is 42.6. The molecule has 2 saturated heterocycles. The Morgan fingerprint density at radius 2 is 1.25 bits per heavy atom. The van der Waals surface area contributed by atoms with Gasteiger partial charge in [-0.3, -0.25) is 14.5 Å². The first-order valence-corrected chi connectivity index (χ1v) is 21.7. The van der Waals surface area contributed by atoms with Crippen molar-refractivity contribution < 1.29 is 19.1 Å². The molecule has 3 amide bonds. The second-order valence-corrected chi connectivity index (χ2v) is 16.5. The van der Waals surface area contributed by atoms with E-state index in [2.05, 4.69) is 107 Å². The molecule has 4 atom stereocenters. The number of aromatic amines is 2. The lowest BCUT2D eigenvalue weighted by molar-refractivity contribution is -0.138. The molecule has 61 heavy (non-hydrogen) atoms. The van der Waals surface area contributed by atoms with Crippen LogP contribution in [0, 0.1) is 5.92 Å². The van der Waals surface area contributed by atoms with Gasteiger partial charge in [0.15, 0.2) is 0 Å². The van der Waals surface area contributed by atoms with Crippen molar-refractivity contribution in [1.29, 1.82) is 0 Å². The number of hydrogen-bond acceptors (Lipinski definition) is 7. The number of imidazole rings is 2. The Labute approximate surface area is 357 Å². The second kappa shape index (κ2) is 18.1. The number of likely N-dealkylation sites (tertiary alicyclic amines) is 2. The van der Waals surface area contributed by atoms with Gasteiger partial charge in [0, 0.05) is 18.7 Å². The van der Waals surface area contributed by atoms with Gasteiger partial charge in [-0.1, -0.05) is 107 Å². The van der Waals surface area contributed by atoms with Crippen LogP contribution < -0.4 is 5.32 Å². The molecule has 2 fully saturated rings. The minimum Gasteiger partial charge on any atom is -0.453 e. The van der Waals surface area contributed by atoms with E-state index in [0.717, 1.165) is 107 Å². The third-order valence-corrected chi connectivity index (χ3v) is 12.5. The van der Waals surface area contributed by atoms with E-state index in [1.807, 2.05) is 54.2 Å². The first-order valence-electron chi connectivity index (χ1n) is 21.7. The molecule has 0 bridgehead atoms. The molecule has 0 spiro atoms. The van der Waals surface area contributed by atoms with Gasteiger partial charge in [-0.05, 0) is 89.8 Å². The molecule has 12 heteroatoms. The number of ether oxygens (including phenoxy) is 1. The van der Waals surface area contributed by atoms with Crippen LogP contribution in [0.2, 0.25) is 0 Å². The van der Waals surface area contributed by atoms with Crippen molar-refractivity contribution in [2.24, 2.45) is 5.92 Å². The Bertz CT molecular complexity index is 2470. The van der Waals surface area contributed by atoms with Gasteiger partial charge in [-0.15, -0.1) is 0 Å². The SMILES string of the molecule is CCN(CC)C(C(=O)N1CCC[C@H]1c1ncc(-c2ccc(-c3ccc4cc(-c5cnc([C@@H]6CCCN6C(=O)C(NC(=O)OC)C(C)C)[nH]5)ccc4c3)cc2)[nH]1)c1ccccc1. The number of likely N-dealkylation sites (N-methyl/N-ethyl adjacent to an activating group) is 1. The maximum absolute atomic E-state index is 14.3. The molecule has 2 unspecified atom stereocenters. The molecule has 3 N–H and O–H groups in total. The van der Waals surface area contributed by atoms with Gasteiger partial charge < -0.3 is 29.8 Å². The smallest absolute Gasteiger partial charge is 0.407 e. The topological polar surface area (TPSA) is 140 Å². The summed E-state index contributed by atoms with van der Waals surface area (Å²) in [6, 6.07) is 30.3. The number of alkyl carbamates (subject to hydrolysis) is 1. The quantitative estimate of drug-likeness (QED) is 0.106. The summed E-state index contributed by atoms with van der Waals surface area (Å²) >= 11 is 0. The van der Waals surface area contributed by atoms with E-state index in [9.17, 15) is 14.4 Å². The molecule has 4 heterocycles. The molecule has 2 aliphatic heterocycles. The minimum absolute atomic E-state index is 0.0927. The molecule has 0 saturated carbocycles. The molecule has 4 aromatic carbocycles. The summed E-state index contributed by atoms with van der Waals surface area (Å²) in [6.07, 6.45) is 6.58. The fourth-order valence-corrected chi connectivity index (χ4v) is 9.14. The van der Waals surface area contributed by atoms with Crippen LogP contribution in [0.1, 0.15) is 88.7 Å². The average molecular weight is 821 g/mol. The first kappa shape index (κ1) is 41.5. The molecule has 6 aromatic rings. The van der Waals surface area contributed by atoms with Crippen molar-refractivity contribution in [1.82, 2.24) is 40.0 Å². The third-order valence-electron chi connectivity index (χ3n) is 12.5. The summed E-state index contributed by atoms with van der Waals surface area (Å²) in [5.41, 5.74) is 7.12. The number of H-pyrrole nitrogens is 2. The van der Waals surface area contributed by atoms with Crippen LogP contribution in [0.15, 0.2) is 103 Å². The zero-order valence-electron chi connectivity index (χ0n) is 35.7. The number of nitrogens with one attached hydrogen (secondary N) is 3. The number of rotatable bonds is 13. The molecule has 8 rings (SSSR count). The van der Waals surface area contributed by atoms with E-state index < -0.39 is 12.1 Å². The van der Waals surface area contributed by atoms with Crippen molar-refractivity contribution >= 4 is 28.7 Å². The molecule has 316 valence electrons. The average Bonchev–Trinajstić information content (AvgIpc) is 4.14. The number of nitrogens with zero attached hydrogens (tertiary/aromatic N) is 5. The van der Waals surface area contributed by atoms with Crippen molar-refractivity contribution in [3.63, 3.8) is 0 Å². The highest BCUT2D eigenvalue weighted by Gasteiger charge is 2.39. The van der Waals surface area contributed by atoms with Crippen LogP contribution >= 0.6 is 0 Å². The fourth-order valence-electron chi connectivity index (χ4n) is 9.14. The van der Waals surface area contributed by atoms with E-state index in [1.54, 1.807) is 0 Å². The van der Waals surface area contributed by atoms with Gasteiger partial charge in [0.25, 0.3) is 0 Å². The van der Waals surface area contributed by atoms with E-state index >= 15 is 0 Å². The molecular formula is C49H56N8O4. The number of carbonyl (C=O) groups excluding carboxylic acids is 3. The molecule has 0 radical (unpaired) electrons. The predicted octanol–water partition coefficient (Wildman–Crippen LogP) is 9.08. The van der Waals surface area contributed by atoms with E-state index in [-0.39, 0.29) is 35.9 Å². The third kappa shape index (κ3) is 8.54. The summed E-state index contributed by atoms with van der Waals surface area (Å²) in [5.74, 6) is 1.48. The van der Waals surface area contributed by atoms with Crippen LogP contribution in [0.3, 0.4) is 0 Å². The summed E-state index contributed by atoms with van der Waals surface area (Å²) in [5, 5.41) is 4.95. The predicted molar refractivity (Wildman–Crippen MR) is 238 cm³/mol. The number of fused-ring (bicyclic) bond motifs is 1. The van der Waals surface area contributed by atoms with Gasteiger partial charge in [0.05, 0.1) is 43.0 Å².